The molecule has 1 aromatic rings. The minimum Gasteiger partial charge on any atom is -0.377 e. The lowest BCUT2D eigenvalue weighted by atomic mass is 10.2. The van der Waals surface area contributed by atoms with Gasteiger partial charge in [0.25, 0.3) is 0 Å². The molecule has 0 aromatic carbocycles. The Morgan fingerprint density at radius 3 is 2.35 bits per heavy atom. The summed E-state index contributed by atoms with van der Waals surface area (Å²) in [6.45, 7) is 3.17. The quantitative estimate of drug-likeness (QED) is 0.670. The van der Waals surface area contributed by atoms with Crippen LogP contribution < -0.4 is 0 Å². The Hall–Kier alpha value is -0.623. The summed E-state index contributed by atoms with van der Waals surface area (Å²) in [6, 6.07) is 5.11. The third kappa shape index (κ3) is 3.67. The SMILES string of the molecule is CCn1cccc1CCC[Si](OC)(OC)OC. The van der Waals surface area contributed by atoms with Crippen LogP contribution in [0.3, 0.4) is 0 Å². The molecule has 0 N–H and O–H groups in total. The van der Waals surface area contributed by atoms with E-state index in [1.54, 1.807) is 21.3 Å². The molecule has 0 aliphatic rings. The largest absolute Gasteiger partial charge is 0.500 e. The van der Waals surface area contributed by atoms with Gasteiger partial charge in [0.05, 0.1) is 0 Å². The zero-order valence-corrected chi connectivity index (χ0v) is 12.2. The molecule has 1 aromatic heterocycles. The molecule has 0 radical (unpaired) electrons. The van der Waals surface area contributed by atoms with Gasteiger partial charge in [-0.3, -0.25) is 0 Å². The van der Waals surface area contributed by atoms with Crippen molar-refractivity contribution in [2.24, 2.45) is 0 Å². The molecule has 0 aliphatic carbocycles. The third-order valence-corrected chi connectivity index (χ3v) is 5.95. The molecule has 0 saturated carbocycles. The molecule has 0 aliphatic heterocycles. The van der Waals surface area contributed by atoms with Gasteiger partial charge in [0.1, 0.15) is 0 Å². The van der Waals surface area contributed by atoms with Crippen LogP contribution in [0.15, 0.2) is 18.3 Å². The number of hydrogen-bond donors (Lipinski definition) is 0. The number of aryl methyl sites for hydroxylation is 2. The maximum absolute atomic E-state index is 5.40. The summed E-state index contributed by atoms with van der Waals surface area (Å²) in [4.78, 5) is 0. The van der Waals surface area contributed by atoms with Gasteiger partial charge in [-0.15, -0.1) is 0 Å². The van der Waals surface area contributed by atoms with Gasteiger partial charge in [-0.1, -0.05) is 0 Å². The minimum atomic E-state index is -2.39. The van der Waals surface area contributed by atoms with Crippen LogP contribution in [0, 0.1) is 0 Å². The highest BCUT2D eigenvalue weighted by atomic mass is 28.4. The van der Waals surface area contributed by atoms with Gasteiger partial charge >= 0.3 is 8.80 Å². The van der Waals surface area contributed by atoms with Crippen molar-refractivity contribution < 1.29 is 13.3 Å². The molecule has 0 bridgehead atoms. The van der Waals surface area contributed by atoms with Crippen LogP contribution in [-0.2, 0) is 26.2 Å². The highest BCUT2D eigenvalue weighted by molar-refractivity contribution is 6.60. The second kappa shape index (κ2) is 6.96. The van der Waals surface area contributed by atoms with Crippen molar-refractivity contribution in [1.82, 2.24) is 4.57 Å². The van der Waals surface area contributed by atoms with Gasteiger partial charge in [-0.2, -0.15) is 0 Å². The zero-order chi connectivity index (χ0) is 12.7. The lowest BCUT2D eigenvalue weighted by molar-refractivity contribution is 0.123. The predicted octanol–water partition coefficient (Wildman–Crippen LogP) is 2.32. The van der Waals surface area contributed by atoms with Crippen LogP contribution in [0.2, 0.25) is 6.04 Å². The van der Waals surface area contributed by atoms with Gasteiger partial charge < -0.3 is 17.8 Å². The summed E-state index contributed by atoms with van der Waals surface area (Å²) in [6.07, 6.45) is 4.17. The van der Waals surface area contributed by atoms with E-state index < -0.39 is 8.80 Å². The average molecular weight is 257 g/mol. The molecule has 1 rings (SSSR count). The first-order valence-corrected chi connectivity index (χ1v) is 7.94. The molecular formula is C12H23NO3Si. The van der Waals surface area contributed by atoms with Crippen molar-refractivity contribution in [2.45, 2.75) is 32.4 Å². The molecule has 4 nitrogen and oxygen atoms in total. The second-order valence-electron chi connectivity index (χ2n) is 3.93. The Morgan fingerprint density at radius 1 is 1.18 bits per heavy atom. The maximum atomic E-state index is 5.40. The Morgan fingerprint density at radius 2 is 1.82 bits per heavy atom. The van der Waals surface area contributed by atoms with Gasteiger partial charge in [0.2, 0.25) is 0 Å². The van der Waals surface area contributed by atoms with E-state index in [0.29, 0.717) is 0 Å². The summed E-state index contributed by atoms with van der Waals surface area (Å²) in [7, 11) is 2.59. The third-order valence-electron chi connectivity index (χ3n) is 3.11. The van der Waals surface area contributed by atoms with E-state index in [1.807, 2.05) is 0 Å². The molecular weight excluding hydrogens is 234 g/mol. The highest BCUT2D eigenvalue weighted by Crippen LogP contribution is 2.17. The standard InChI is InChI=1S/C12H23NO3Si/c1-5-13-10-6-8-12(13)9-7-11-17(14-2,15-3)16-4/h6,8,10H,5,7,9,11H2,1-4H3. The lowest BCUT2D eigenvalue weighted by Crippen LogP contribution is -2.42. The van der Waals surface area contributed by atoms with Crippen molar-refractivity contribution in [1.29, 1.82) is 0 Å². The fraction of sp³-hybridized carbons (Fsp3) is 0.667. The van der Waals surface area contributed by atoms with Gasteiger partial charge in [-0.25, -0.2) is 0 Å². The van der Waals surface area contributed by atoms with E-state index in [9.17, 15) is 0 Å². The number of aromatic nitrogens is 1. The number of hydrogen-bond acceptors (Lipinski definition) is 3. The van der Waals surface area contributed by atoms with Crippen LogP contribution in [0.4, 0.5) is 0 Å². The number of nitrogens with zero attached hydrogens (tertiary/aromatic N) is 1. The first-order chi connectivity index (χ1) is 8.21. The minimum absolute atomic E-state index is 0.853. The molecule has 0 amide bonds. The van der Waals surface area contributed by atoms with Gasteiger partial charge in [0.15, 0.2) is 0 Å². The summed E-state index contributed by atoms with van der Waals surface area (Å²) in [5.74, 6) is 0. The van der Waals surface area contributed by atoms with Crippen molar-refractivity contribution in [3.8, 4) is 0 Å². The lowest BCUT2D eigenvalue weighted by Gasteiger charge is -2.24. The van der Waals surface area contributed by atoms with Crippen LogP contribution in [0.1, 0.15) is 19.0 Å². The molecule has 1 heterocycles. The summed E-state index contributed by atoms with van der Waals surface area (Å²) in [5, 5.41) is 0. The first-order valence-electron chi connectivity index (χ1n) is 6.00. The van der Waals surface area contributed by atoms with E-state index in [4.69, 9.17) is 13.3 Å². The Balaban J connectivity index is 2.46. The zero-order valence-electron chi connectivity index (χ0n) is 11.2. The monoisotopic (exact) mass is 257 g/mol. The highest BCUT2D eigenvalue weighted by Gasteiger charge is 2.36. The van der Waals surface area contributed by atoms with E-state index in [2.05, 4.69) is 29.8 Å². The van der Waals surface area contributed by atoms with Gasteiger partial charge in [-0.05, 0) is 31.9 Å². The van der Waals surface area contributed by atoms with Crippen molar-refractivity contribution in [2.75, 3.05) is 21.3 Å². The fourth-order valence-corrected chi connectivity index (χ4v) is 3.75. The van der Waals surface area contributed by atoms with Gasteiger partial charge in [0, 0.05) is 45.8 Å². The van der Waals surface area contributed by atoms with E-state index in [1.165, 1.54) is 5.69 Å². The predicted molar refractivity (Wildman–Crippen MR) is 70.0 cm³/mol. The average Bonchev–Trinajstić information content (AvgIpc) is 2.83. The molecule has 0 atom stereocenters. The Labute approximate surface area is 105 Å². The van der Waals surface area contributed by atoms with Crippen LogP contribution in [0.25, 0.3) is 0 Å². The molecule has 5 heteroatoms. The topological polar surface area (TPSA) is 32.6 Å². The molecule has 0 saturated heterocycles. The maximum Gasteiger partial charge on any atom is 0.500 e. The molecule has 0 fully saturated rings. The molecule has 0 unspecified atom stereocenters. The molecule has 17 heavy (non-hydrogen) atoms. The van der Waals surface area contributed by atoms with E-state index in [-0.39, 0.29) is 0 Å². The number of rotatable bonds is 8. The normalized spacial score (nSPS) is 12.0. The van der Waals surface area contributed by atoms with Crippen molar-refractivity contribution >= 4 is 8.80 Å². The Kier molecular flexibility index (Phi) is 5.91. The molecule has 0 spiro atoms. The summed E-state index contributed by atoms with van der Waals surface area (Å²) < 4.78 is 18.5. The van der Waals surface area contributed by atoms with Crippen LogP contribution >= 0.6 is 0 Å². The van der Waals surface area contributed by atoms with Crippen LogP contribution in [0.5, 0.6) is 0 Å². The molecule has 98 valence electrons. The van der Waals surface area contributed by atoms with E-state index in [0.717, 1.165) is 25.4 Å². The van der Waals surface area contributed by atoms with Crippen LogP contribution in [-0.4, -0.2) is 34.7 Å². The second-order valence-corrected chi connectivity index (χ2v) is 7.03. The first kappa shape index (κ1) is 14.4. The van der Waals surface area contributed by atoms with Crippen molar-refractivity contribution in [3.63, 3.8) is 0 Å². The van der Waals surface area contributed by atoms with E-state index >= 15 is 0 Å². The van der Waals surface area contributed by atoms with Crippen molar-refractivity contribution in [3.05, 3.63) is 24.0 Å². The smallest absolute Gasteiger partial charge is 0.377 e. The summed E-state index contributed by atoms with van der Waals surface area (Å²) in [5.41, 5.74) is 1.36. The fourth-order valence-electron chi connectivity index (χ4n) is 2.03. The summed E-state index contributed by atoms with van der Waals surface area (Å²) >= 11 is 0. The Bertz CT molecular complexity index is 315.